The molecule has 1 aliphatic carbocycles. The van der Waals surface area contributed by atoms with Crippen molar-refractivity contribution < 1.29 is 4.79 Å². The van der Waals surface area contributed by atoms with Gasteiger partial charge in [0.15, 0.2) is 11.0 Å². The lowest BCUT2D eigenvalue weighted by Gasteiger charge is -2.19. The predicted molar refractivity (Wildman–Crippen MR) is 111 cm³/mol. The lowest BCUT2D eigenvalue weighted by Crippen LogP contribution is -2.33. The van der Waals surface area contributed by atoms with Crippen molar-refractivity contribution in [1.29, 1.82) is 0 Å². The number of benzene rings is 1. The number of thioether (sulfide) groups is 1. The molecule has 146 valence electrons. The van der Waals surface area contributed by atoms with E-state index in [1.165, 1.54) is 24.6 Å². The van der Waals surface area contributed by atoms with E-state index in [0.29, 0.717) is 23.5 Å². The average molecular weight is 407 g/mol. The monoisotopic (exact) mass is 406 g/mol. The minimum absolute atomic E-state index is 0.0361. The Morgan fingerprint density at radius 3 is 2.63 bits per heavy atom. The van der Waals surface area contributed by atoms with Gasteiger partial charge in [-0.15, -0.1) is 10.2 Å². The summed E-state index contributed by atoms with van der Waals surface area (Å²) in [5.74, 6) is 1.26. The summed E-state index contributed by atoms with van der Waals surface area (Å²) < 4.78 is 2.20. The summed E-state index contributed by atoms with van der Waals surface area (Å²) >= 11 is 7.89. The standard InChI is InChI=1S/C20H27ClN4OS/c1-13(2)12-22-19(26)14(3)27-20-24-23-18(16-10-6-7-11-17(16)21)25(20)15-8-4-5-9-15/h6-7,10-11,13-15H,4-5,8-9,12H2,1-3H3,(H,22,26)/t14-/m0/s1. The number of amides is 1. The van der Waals surface area contributed by atoms with Crippen LogP contribution in [-0.4, -0.2) is 32.5 Å². The van der Waals surface area contributed by atoms with Gasteiger partial charge in [-0.05, 0) is 37.8 Å². The zero-order valence-corrected chi connectivity index (χ0v) is 17.7. The number of aromatic nitrogens is 3. The third-order valence-corrected chi connectivity index (χ3v) is 6.19. The van der Waals surface area contributed by atoms with Crippen molar-refractivity contribution >= 4 is 29.3 Å². The van der Waals surface area contributed by atoms with Crippen molar-refractivity contribution in [2.45, 2.75) is 62.9 Å². The van der Waals surface area contributed by atoms with E-state index in [1.54, 1.807) is 0 Å². The van der Waals surface area contributed by atoms with E-state index >= 15 is 0 Å². The van der Waals surface area contributed by atoms with Gasteiger partial charge in [0.25, 0.3) is 0 Å². The first kappa shape index (κ1) is 20.2. The summed E-state index contributed by atoms with van der Waals surface area (Å²) in [6.45, 7) is 6.78. The topological polar surface area (TPSA) is 59.8 Å². The number of hydrogen-bond donors (Lipinski definition) is 1. The molecule has 1 amide bonds. The molecule has 3 rings (SSSR count). The SMILES string of the molecule is CC(C)CNC(=O)[C@H](C)Sc1nnc(-c2ccccc2Cl)n1C1CCCC1. The molecule has 1 atom stereocenters. The van der Waals surface area contributed by atoms with E-state index in [-0.39, 0.29) is 11.2 Å². The van der Waals surface area contributed by atoms with Crippen LogP contribution in [0.5, 0.6) is 0 Å². The molecule has 5 nitrogen and oxygen atoms in total. The van der Waals surface area contributed by atoms with E-state index in [1.807, 2.05) is 31.2 Å². The van der Waals surface area contributed by atoms with Gasteiger partial charge >= 0.3 is 0 Å². The Morgan fingerprint density at radius 2 is 1.96 bits per heavy atom. The molecule has 0 radical (unpaired) electrons. The molecular weight excluding hydrogens is 380 g/mol. The molecule has 1 heterocycles. The summed E-state index contributed by atoms with van der Waals surface area (Å²) in [7, 11) is 0. The van der Waals surface area contributed by atoms with Crippen LogP contribution in [0.1, 0.15) is 52.5 Å². The lowest BCUT2D eigenvalue weighted by atomic mass is 10.2. The lowest BCUT2D eigenvalue weighted by molar-refractivity contribution is -0.120. The normalized spacial score (nSPS) is 16.0. The molecule has 27 heavy (non-hydrogen) atoms. The highest BCUT2D eigenvalue weighted by Gasteiger charge is 2.27. The van der Waals surface area contributed by atoms with Crippen molar-refractivity contribution in [2.75, 3.05) is 6.54 Å². The number of hydrogen-bond acceptors (Lipinski definition) is 4. The highest BCUT2D eigenvalue weighted by molar-refractivity contribution is 8.00. The molecular formula is C20H27ClN4OS. The molecule has 1 aromatic carbocycles. The Balaban J connectivity index is 1.87. The molecule has 1 saturated carbocycles. The van der Waals surface area contributed by atoms with E-state index < -0.39 is 0 Å². The maximum atomic E-state index is 12.4. The Labute approximate surface area is 170 Å². The molecule has 7 heteroatoms. The number of carbonyl (C=O) groups excluding carboxylic acids is 1. The maximum Gasteiger partial charge on any atom is 0.233 e. The fourth-order valence-electron chi connectivity index (χ4n) is 3.34. The van der Waals surface area contributed by atoms with Crippen molar-refractivity contribution in [2.24, 2.45) is 5.92 Å². The summed E-state index contributed by atoms with van der Waals surface area (Å²) in [5.41, 5.74) is 0.891. The summed E-state index contributed by atoms with van der Waals surface area (Å²) in [4.78, 5) is 12.4. The molecule has 0 unspecified atom stereocenters. The number of carbonyl (C=O) groups is 1. The Morgan fingerprint density at radius 1 is 1.26 bits per heavy atom. The molecule has 0 spiro atoms. The van der Waals surface area contributed by atoms with Gasteiger partial charge in [0.1, 0.15) is 0 Å². The van der Waals surface area contributed by atoms with Gasteiger partial charge in [-0.1, -0.05) is 62.2 Å². The maximum absolute atomic E-state index is 12.4. The van der Waals surface area contributed by atoms with Crippen LogP contribution in [0.15, 0.2) is 29.4 Å². The molecule has 0 aliphatic heterocycles. The van der Waals surface area contributed by atoms with Crippen molar-refractivity contribution in [3.05, 3.63) is 29.3 Å². The number of nitrogens with zero attached hydrogens (tertiary/aromatic N) is 3. The zero-order valence-electron chi connectivity index (χ0n) is 16.1. The molecule has 1 aliphatic rings. The van der Waals surface area contributed by atoms with Crippen molar-refractivity contribution in [3.63, 3.8) is 0 Å². The van der Waals surface area contributed by atoms with Crippen LogP contribution in [0.4, 0.5) is 0 Å². The molecule has 0 bridgehead atoms. The Kier molecular flexibility index (Phi) is 6.82. The number of halogens is 1. The van der Waals surface area contributed by atoms with Gasteiger partial charge in [-0.3, -0.25) is 9.36 Å². The van der Waals surface area contributed by atoms with Gasteiger partial charge in [0.05, 0.1) is 10.3 Å². The Hall–Kier alpha value is -1.53. The predicted octanol–water partition coefficient (Wildman–Crippen LogP) is 4.97. The van der Waals surface area contributed by atoms with Gasteiger partial charge in [0.2, 0.25) is 5.91 Å². The fourth-order valence-corrected chi connectivity index (χ4v) is 4.50. The van der Waals surface area contributed by atoms with Gasteiger partial charge in [0, 0.05) is 18.2 Å². The minimum Gasteiger partial charge on any atom is -0.355 e. The first-order valence-electron chi connectivity index (χ1n) is 9.61. The summed E-state index contributed by atoms with van der Waals surface area (Å²) in [6, 6.07) is 8.09. The zero-order chi connectivity index (χ0) is 19.4. The molecule has 2 aromatic rings. The van der Waals surface area contributed by atoms with E-state index in [0.717, 1.165) is 29.4 Å². The van der Waals surface area contributed by atoms with Gasteiger partial charge < -0.3 is 5.32 Å². The van der Waals surface area contributed by atoms with Crippen LogP contribution in [0.2, 0.25) is 5.02 Å². The van der Waals surface area contributed by atoms with E-state index in [9.17, 15) is 4.79 Å². The Bertz CT molecular complexity index is 786. The first-order valence-corrected chi connectivity index (χ1v) is 10.9. The van der Waals surface area contributed by atoms with Crippen molar-refractivity contribution in [1.82, 2.24) is 20.1 Å². The van der Waals surface area contributed by atoms with Crippen LogP contribution in [0, 0.1) is 5.92 Å². The minimum atomic E-state index is -0.229. The second-order valence-corrected chi connectivity index (χ2v) is 9.21. The second-order valence-electron chi connectivity index (χ2n) is 7.49. The van der Waals surface area contributed by atoms with Crippen LogP contribution < -0.4 is 5.32 Å². The van der Waals surface area contributed by atoms with E-state index in [2.05, 4.69) is 33.9 Å². The average Bonchev–Trinajstić information content (AvgIpc) is 3.29. The highest BCUT2D eigenvalue weighted by Crippen LogP contribution is 2.38. The largest absolute Gasteiger partial charge is 0.355 e. The van der Waals surface area contributed by atoms with Crippen LogP contribution in [0.3, 0.4) is 0 Å². The van der Waals surface area contributed by atoms with Crippen molar-refractivity contribution in [3.8, 4) is 11.4 Å². The molecule has 1 fully saturated rings. The van der Waals surface area contributed by atoms with Crippen LogP contribution >= 0.6 is 23.4 Å². The summed E-state index contributed by atoms with van der Waals surface area (Å²) in [5, 5.41) is 13.1. The second kappa shape index (κ2) is 9.11. The smallest absolute Gasteiger partial charge is 0.233 e. The van der Waals surface area contributed by atoms with Crippen LogP contribution in [0.25, 0.3) is 11.4 Å². The van der Waals surface area contributed by atoms with Gasteiger partial charge in [-0.2, -0.15) is 0 Å². The van der Waals surface area contributed by atoms with Gasteiger partial charge in [-0.25, -0.2) is 0 Å². The van der Waals surface area contributed by atoms with E-state index in [4.69, 9.17) is 11.6 Å². The number of nitrogens with one attached hydrogen (secondary N) is 1. The van der Waals surface area contributed by atoms with Crippen LogP contribution in [-0.2, 0) is 4.79 Å². The molecule has 0 saturated heterocycles. The number of rotatable bonds is 7. The summed E-state index contributed by atoms with van der Waals surface area (Å²) in [6.07, 6.45) is 4.63. The quantitative estimate of drug-likeness (QED) is 0.659. The third kappa shape index (κ3) is 4.85. The third-order valence-electron chi connectivity index (χ3n) is 4.81. The molecule has 1 N–H and O–H groups in total. The fraction of sp³-hybridized carbons (Fsp3) is 0.550. The highest BCUT2D eigenvalue weighted by atomic mass is 35.5. The molecule has 1 aromatic heterocycles. The first-order chi connectivity index (χ1) is 13.0.